The molecule has 3 atom stereocenters. The van der Waals surface area contributed by atoms with E-state index in [1.165, 1.54) is 26.0 Å². The van der Waals surface area contributed by atoms with E-state index >= 15 is 0 Å². The van der Waals surface area contributed by atoms with E-state index in [2.05, 4.69) is 5.32 Å². The number of amides is 2. The van der Waals surface area contributed by atoms with Gasteiger partial charge in [-0.3, -0.25) is 9.59 Å². The Hall–Kier alpha value is -2.61. The third kappa shape index (κ3) is 4.51. The number of para-hydroxylation sites is 1. The van der Waals surface area contributed by atoms with Crippen molar-refractivity contribution < 1.29 is 29.0 Å². The molecular weight excluding hydrogens is 340 g/mol. The van der Waals surface area contributed by atoms with Gasteiger partial charge in [0.1, 0.15) is 17.8 Å². The largest absolute Gasteiger partial charge is 0.496 e. The van der Waals surface area contributed by atoms with Gasteiger partial charge in [0.2, 0.25) is 11.8 Å². The molecule has 0 unspecified atom stereocenters. The fraction of sp³-hybridized carbons (Fsp3) is 0.500. The summed E-state index contributed by atoms with van der Waals surface area (Å²) in [7, 11) is 2.76. The first-order chi connectivity index (χ1) is 12.4. The third-order valence-corrected chi connectivity index (χ3v) is 4.40. The highest BCUT2D eigenvalue weighted by atomic mass is 16.5. The zero-order chi connectivity index (χ0) is 19.3. The molecule has 1 aromatic rings. The van der Waals surface area contributed by atoms with Crippen LogP contribution in [0.5, 0.6) is 5.75 Å². The maximum Gasteiger partial charge on any atom is 0.328 e. The van der Waals surface area contributed by atoms with Crippen molar-refractivity contribution in [2.75, 3.05) is 20.8 Å². The Morgan fingerprint density at radius 3 is 2.62 bits per heavy atom. The highest BCUT2D eigenvalue weighted by Crippen LogP contribution is 2.21. The van der Waals surface area contributed by atoms with E-state index in [1.807, 2.05) is 0 Å². The second kappa shape index (κ2) is 8.66. The van der Waals surface area contributed by atoms with Crippen LogP contribution in [0.4, 0.5) is 0 Å². The number of aliphatic hydroxyl groups is 1. The molecule has 1 aliphatic heterocycles. The Labute approximate surface area is 152 Å². The number of carbonyl (C=O) groups is 3. The molecule has 0 aliphatic carbocycles. The number of ether oxygens (including phenoxy) is 2. The molecule has 0 aromatic heterocycles. The van der Waals surface area contributed by atoms with Gasteiger partial charge in [0.05, 0.1) is 20.3 Å². The van der Waals surface area contributed by atoms with E-state index in [0.717, 1.165) is 5.56 Å². The molecule has 8 nitrogen and oxygen atoms in total. The van der Waals surface area contributed by atoms with Gasteiger partial charge in [-0.15, -0.1) is 0 Å². The van der Waals surface area contributed by atoms with Crippen molar-refractivity contribution in [3.8, 4) is 5.75 Å². The Balaban J connectivity index is 2.16. The predicted molar refractivity (Wildman–Crippen MR) is 92.4 cm³/mol. The minimum absolute atomic E-state index is 0.100. The second-order valence-electron chi connectivity index (χ2n) is 6.18. The summed E-state index contributed by atoms with van der Waals surface area (Å²) in [5, 5.41) is 12.4. The van der Waals surface area contributed by atoms with Crippen LogP contribution in [0, 0.1) is 0 Å². The van der Waals surface area contributed by atoms with Gasteiger partial charge in [0.15, 0.2) is 0 Å². The van der Waals surface area contributed by atoms with Crippen molar-refractivity contribution in [2.24, 2.45) is 0 Å². The minimum atomic E-state index is -0.935. The number of nitrogens with zero attached hydrogens (tertiary/aromatic N) is 1. The Morgan fingerprint density at radius 1 is 1.31 bits per heavy atom. The summed E-state index contributed by atoms with van der Waals surface area (Å²) in [5.41, 5.74) is 0.737. The molecule has 1 heterocycles. The standard InChI is InChI=1S/C18H24N2O6/c1-11(21)20-10-13(22)9-15(20)17(23)19-14(18(24)26-3)8-12-6-4-5-7-16(12)25-2/h4-7,13-15,22H,8-10H2,1-3H3,(H,19,23)/t13-,14-,15+/m1/s1. The fourth-order valence-corrected chi connectivity index (χ4v) is 3.11. The molecule has 0 spiro atoms. The predicted octanol–water partition coefficient (Wildman–Crippen LogP) is -0.123. The third-order valence-electron chi connectivity index (χ3n) is 4.40. The van der Waals surface area contributed by atoms with Crippen molar-refractivity contribution in [2.45, 2.75) is 38.0 Å². The number of esters is 1. The van der Waals surface area contributed by atoms with Crippen LogP contribution in [0.25, 0.3) is 0 Å². The Morgan fingerprint density at radius 2 is 2.00 bits per heavy atom. The Kier molecular flexibility index (Phi) is 6.57. The van der Waals surface area contributed by atoms with Gasteiger partial charge >= 0.3 is 5.97 Å². The average Bonchev–Trinajstić information content (AvgIpc) is 3.03. The van der Waals surface area contributed by atoms with Crippen molar-refractivity contribution in [3.63, 3.8) is 0 Å². The number of hydrogen-bond donors (Lipinski definition) is 2. The number of nitrogens with one attached hydrogen (secondary N) is 1. The summed E-state index contributed by atoms with van der Waals surface area (Å²) < 4.78 is 10.1. The van der Waals surface area contributed by atoms with Crippen LogP contribution < -0.4 is 10.1 Å². The lowest BCUT2D eigenvalue weighted by molar-refractivity contribution is -0.146. The van der Waals surface area contributed by atoms with Crippen molar-refractivity contribution >= 4 is 17.8 Å². The molecule has 26 heavy (non-hydrogen) atoms. The van der Waals surface area contributed by atoms with Crippen molar-refractivity contribution in [3.05, 3.63) is 29.8 Å². The van der Waals surface area contributed by atoms with Crippen LogP contribution in [-0.4, -0.2) is 66.7 Å². The number of β-amino-alcohol motifs (C(OH)–C–C–N with tert-alkyl or cyclic N) is 1. The molecule has 1 aromatic carbocycles. The van der Waals surface area contributed by atoms with Crippen LogP contribution in [0.3, 0.4) is 0 Å². The van der Waals surface area contributed by atoms with E-state index in [9.17, 15) is 19.5 Å². The molecule has 1 saturated heterocycles. The number of methoxy groups -OCH3 is 2. The van der Waals surface area contributed by atoms with Gasteiger partial charge in [0, 0.05) is 26.3 Å². The van der Waals surface area contributed by atoms with Crippen LogP contribution in [0.2, 0.25) is 0 Å². The smallest absolute Gasteiger partial charge is 0.328 e. The van der Waals surface area contributed by atoms with E-state index in [4.69, 9.17) is 9.47 Å². The summed E-state index contributed by atoms with van der Waals surface area (Å²) in [5.74, 6) is -0.808. The molecule has 2 amide bonds. The number of rotatable bonds is 6. The Bertz CT molecular complexity index is 677. The van der Waals surface area contributed by atoms with E-state index in [0.29, 0.717) is 5.75 Å². The molecule has 2 rings (SSSR count). The number of likely N-dealkylation sites (tertiary alicyclic amines) is 1. The van der Waals surface area contributed by atoms with Gasteiger partial charge in [-0.05, 0) is 11.6 Å². The molecule has 142 valence electrons. The maximum absolute atomic E-state index is 12.6. The molecule has 1 fully saturated rings. The lowest BCUT2D eigenvalue weighted by atomic mass is 10.0. The number of aliphatic hydroxyl groups excluding tert-OH is 1. The van der Waals surface area contributed by atoms with Crippen LogP contribution >= 0.6 is 0 Å². The van der Waals surface area contributed by atoms with Gasteiger partial charge in [-0.1, -0.05) is 18.2 Å². The summed E-state index contributed by atoms with van der Waals surface area (Å²) in [6.07, 6.45) is -0.452. The first-order valence-electron chi connectivity index (χ1n) is 8.32. The monoisotopic (exact) mass is 364 g/mol. The van der Waals surface area contributed by atoms with E-state index < -0.39 is 30.1 Å². The zero-order valence-electron chi connectivity index (χ0n) is 15.1. The first-order valence-corrected chi connectivity index (χ1v) is 8.32. The summed E-state index contributed by atoms with van der Waals surface area (Å²) in [6, 6.07) is 5.42. The van der Waals surface area contributed by atoms with Gasteiger partial charge in [0.25, 0.3) is 0 Å². The molecule has 0 radical (unpaired) electrons. The normalized spacial score (nSPS) is 20.4. The second-order valence-corrected chi connectivity index (χ2v) is 6.18. The average molecular weight is 364 g/mol. The van der Waals surface area contributed by atoms with Crippen LogP contribution in [-0.2, 0) is 25.5 Å². The molecule has 0 saturated carbocycles. The van der Waals surface area contributed by atoms with Crippen molar-refractivity contribution in [1.29, 1.82) is 0 Å². The molecule has 0 bridgehead atoms. The molecule has 2 N–H and O–H groups in total. The lowest BCUT2D eigenvalue weighted by Gasteiger charge is -2.25. The quantitative estimate of drug-likeness (QED) is 0.682. The highest BCUT2D eigenvalue weighted by Gasteiger charge is 2.39. The number of hydrogen-bond acceptors (Lipinski definition) is 6. The van der Waals surface area contributed by atoms with E-state index in [-0.39, 0.29) is 25.3 Å². The number of benzene rings is 1. The topological polar surface area (TPSA) is 105 Å². The summed E-state index contributed by atoms with van der Waals surface area (Å²) in [4.78, 5) is 37.8. The SMILES string of the molecule is COC(=O)[C@@H](Cc1ccccc1OC)NC(=O)[C@@H]1C[C@@H](O)CN1C(C)=O. The fourth-order valence-electron chi connectivity index (χ4n) is 3.11. The zero-order valence-corrected chi connectivity index (χ0v) is 15.1. The van der Waals surface area contributed by atoms with E-state index in [1.54, 1.807) is 24.3 Å². The summed E-state index contributed by atoms with van der Waals surface area (Å²) in [6.45, 7) is 1.44. The van der Waals surface area contributed by atoms with Gasteiger partial charge < -0.3 is 24.8 Å². The summed E-state index contributed by atoms with van der Waals surface area (Å²) >= 11 is 0. The molecular formula is C18H24N2O6. The van der Waals surface area contributed by atoms with Crippen LogP contribution in [0.15, 0.2) is 24.3 Å². The van der Waals surface area contributed by atoms with Gasteiger partial charge in [-0.25, -0.2) is 4.79 Å². The van der Waals surface area contributed by atoms with Gasteiger partial charge in [-0.2, -0.15) is 0 Å². The first kappa shape index (κ1) is 19.7. The molecule has 1 aliphatic rings. The lowest BCUT2D eigenvalue weighted by Crippen LogP contribution is -2.51. The molecule has 8 heteroatoms. The van der Waals surface area contributed by atoms with Crippen LogP contribution in [0.1, 0.15) is 18.9 Å². The number of carbonyl (C=O) groups excluding carboxylic acids is 3. The maximum atomic E-state index is 12.6. The highest BCUT2D eigenvalue weighted by molar-refractivity contribution is 5.91. The van der Waals surface area contributed by atoms with Crippen molar-refractivity contribution in [1.82, 2.24) is 10.2 Å². The minimum Gasteiger partial charge on any atom is -0.496 e.